The van der Waals surface area contributed by atoms with Crippen molar-refractivity contribution in [2.24, 2.45) is 0 Å². The first-order valence-electron chi connectivity index (χ1n) is 5.57. The molecule has 0 aliphatic heterocycles. The molecule has 0 saturated heterocycles. The van der Waals surface area contributed by atoms with Gasteiger partial charge in [0.05, 0.1) is 18.7 Å². The van der Waals surface area contributed by atoms with E-state index in [0.717, 1.165) is 12.8 Å². The molecule has 0 aromatic heterocycles. The van der Waals surface area contributed by atoms with Crippen molar-refractivity contribution >= 4 is 5.91 Å². The quantitative estimate of drug-likeness (QED) is 0.764. The molecule has 0 heterocycles. The number of para-hydroxylation sites is 1. The van der Waals surface area contributed by atoms with Gasteiger partial charge in [-0.2, -0.15) is 5.26 Å². The first-order chi connectivity index (χ1) is 8.29. The minimum absolute atomic E-state index is 0.139. The molecule has 4 heteroatoms. The third kappa shape index (κ3) is 4.15. The van der Waals surface area contributed by atoms with Crippen molar-refractivity contribution < 1.29 is 9.53 Å². The molecule has 4 nitrogen and oxygen atoms in total. The number of amides is 1. The predicted molar refractivity (Wildman–Crippen MR) is 64.8 cm³/mol. The minimum atomic E-state index is -0.139. The Morgan fingerprint density at radius 1 is 1.41 bits per heavy atom. The summed E-state index contributed by atoms with van der Waals surface area (Å²) in [5, 5.41) is 11.2. The second kappa shape index (κ2) is 7.29. The lowest BCUT2D eigenvalue weighted by Gasteiger charge is -2.08. The molecule has 0 saturated carbocycles. The van der Waals surface area contributed by atoms with Crippen molar-refractivity contribution in [3.05, 3.63) is 29.8 Å². The van der Waals surface area contributed by atoms with E-state index < -0.39 is 0 Å². The number of carbonyl (C=O) groups is 1. The summed E-state index contributed by atoms with van der Waals surface area (Å²) in [6.45, 7) is 0.582. The van der Waals surface area contributed by atoms with E-state index in [1.165, 1.54) is 0 Å². The van der Waals surface area contributed by atoms with Crippen LogP contribution in [-0.2, 0) is 0 Å². The van der Waals surface area contributed by atoms with Gasteiger partial charge in [0.1, 0.15) is 5.75 Å². The van der Waals surface area contributed by atoms with E-state index in [4.69, 9.17) is 10.00 Å². The first kappa shape index (κ1) is 13.0. The molecule has 0 fully saturated rings. The van der Waals surface area contributed by atoms with Crippen molar-refractivity contribution in [1.29, 1.82) is 5.26 Å². The molecule has 0 atom stereocenters. The molecule has 0 aliphatic rings. The van der Waals surface area contributed by atoms with Gasteiger partial charge in [-0.3, -0.25) is 4.79 Å². The molecule has 1 aromatic rings. The predicted octanol–water partition coefficient (Wildman–Crippen LogP) is 2.12. The zero-order valence-electron chi connectivity index (χ0n) is 9.90. The Morgan fingerprint density at radius 3 is 2.88 bits per heavy atom. The summed E-state index contributed by atoms with van der Waals surface area (Å²) in [5.41, 5.74) is 0.537. The molecule has 1 rings (SSSR count). The number of rotatable bonds is 6. The molecule has 0 bridgehead atoms. The number of benzene rings is 1. The topological polar surface area (TPSA) is 62.1 Å². The van der Waals surface area contributed by atoms with Crippen LogP contribution in [0.5, 0.6) is 5.75 Å². The van der Waals surface area contributed by atoms with Crippen molar-refractivity contribution in [3.8, 4) is 11.8 Å². The Kier molecular flexibility index (Phi) is 5.59. The molecule has 0 spiro atoms. The Balaban J connectivity index is 2.44. The van der Waals surface area contributed by atoms with Crippen LogP contribution in [0.25, 0.3) is 0 Å². The number of ether oxygens (including phenoxy) is 1. The summed E-state index contributed by atoms with van der Waals surface area (Å²) in [6, 6.07) is 9.17. The average molecular weight is 232 g/mol. The second-order valence-electron chi connectivity index (χ2n) is 3.57. The second-order valence-corrected chi connectivity index (χ2v) is 3.57. The van der Waals surface area contributed by atoms with E-state index in [2.05, 4.69) is 11.4 Å². The summed E-state index contributed by atoms with van der Waals surface area (Å²) < 4.78 is 5.11. The fraction of sp³-hybridized carbons (Fsp3) is 0.385. The molecule has 0 radical (unpaired) electrons. The normalized spacial score (nSPS) is 9.41. The zero-order valence-corrected chi connectivity index (χ0v) is 9.90. The highest BCUT2D eigenvalue weighted by molar-refractivity contribution is 5.96. The van der Waals surface area contributed by atoms with Crippen LogP contribution in [0.2, 0.25) is 0 Å². The number of carbonyl (C=O) groups excluding carboxylic acids is 1. The Morgan fingerprint density at radius 2 is 2.18 bits per heavy atom. The maximum atomic E-state index is 11.8. The van der Waals surface area contributed by atoms with Crippen LogP contribution in [0.15, 0.2) is 24.3 Å². The van der Waals surface area contributed by atoms with Gasteiger partial charge >= 0.3 is 0 Å². The van der Waals surface area contributed by atoms with Crippen LogP contribution in [-0.4, -0.2) is 19.6 Å². The molecule has 1 N–H and O–H groups in total. The lowest BCUT2D eigenvalue weighted by atomic mass is 10.2. The van der Waals surface area contributed by atoms with Crippen molar-refractivity contribution in [3.63, 3.8) is 0 Å². The van der Waals surface area contributed by atoms with Gasteiger partial charge in [-0.15, -0.1) is 0 Å². The van der Waals surface area contributed by atoms with Crippen LogP contribution >= 0.6 is 0 Å². The smallest absolute Gasteiger partial charge is 0.255 e. The number of nitriles is 1. The minimum Gasteiger partial charge on any atom is -0.496 e. The van der Waals surface area contributed by atoms with Gasteiger partial charge < -0.3 is 10.1 Å². The highest BCUT2D eigenvalue weighted by atomic mass is 16.5. The van der Waals surface area contributed by atoms with Gasteiger partial charge in [0.2, 0.25) is 0 Å². The Labute approximate surface area is 101 Å². The molecule has 0 aliphatic carbocycles. The summed E-state index contributed by atoms with van der Waals surface area (Å²) in [4.78, 5) is 11.8. The fourth-order valence-electron chi connectivity index (χ4n) is 1.46. The number of hydrogen-bond donors (Lipinski definition) is 1. The van der Waals surface area contributed by atoms with Crippen molar-refractivity contribution in [1.82, 2.24) is 5.32 Å². The van der Waals surface area contributed by atoms with E-state index in [1.807, 2.05) is 6.07 Å². The number of nitrogens with one attached hydrogen (secondary N) is 1. The van der Waals surface area contributed by atoms with Crippen LogP contribution in [0.1, 0.15) is 29.6 Å². The number of unbranched alkanes of at least 4 members (excludes halogenated alkanes) is 2. The van der Waals surface area contributed by atoms with Crippen LogP contribution in [0.3, 0.4) is 0 Å². The fourth-order valence-corrected chi connectivity index (χ4v) is 1.46. The summed E-state index contributed by atoms with van der Waals surface area (Å²) in [5.74, 6) is 0.432. The third-order valence-electron chi connectivity index (χ3n) is 2.35. The van der Waals surface area contributed by atoms with E-state index in [1.54, 1.807) is 25.3 Å². The van der Waals surface area contributed by atoms with Crippen LogP contribution in [0.4, 0.5) is 0 Å². The molecule has 90 valence electrons. The Hall–Kier alpha value is -2.02. The average Bonchev–Trinajstić information content (AvgIpc) is 2.38. The summed E-state index contributed by atoms with van der Waals surface area (Å²) in [6.07, 6.45) is 2.15. The van der Waals surface area contributed by atoms with E-state index in [9.17, 15) is 4.79 Å². The lowest BCUT2D eigenvalue weighted by Crippen LogP contribution is -2.24. The molecular formula is C13H16N2O2. The van der Waals surface area contributed by atoms with Crippen LogP contribution in [0, 0.1) is 11.3 Å². The molecule has 1 amide bonds. The molecular weight excluding hydrogens is 216 g/mol. The van der Waals surface area contributed by atoms with Gasteiger partial charge in [0.15, 0.2) is 0 Å². The number of hydrogen-bond acceptors (Lipinski definition) is 3. The largest absolute Gasteiger partial charge is 0.496 e. The molecule has 1 aromatic carbocycles. The SMILES string of the molecule is COc1ccccc1C(=O)NCCCCC#N. The van der Waals surface area contributed by atoms with E-state index >= 15 is 0 Å². The van der Waals surface area contributed by atoms with E-state index in [0.29, 0.717) is 24.3 Å². The maximum absolute atomic E-state index is 11.8. The highest BCUT2D eigenvalue weighted by Gasteiger charge is 2.09. The lowest BCUT2D eigenvalue weighted by molar-refractivity contribution is 0.0950. The van der Waals surface area contributed by atoms with Crippen molar-refractivity contribution in [2.75, 3.05) is 13.7 Å². The summed E-state index contributed by atoms with van der Waals surface area (Å²) >= 11 is 0. The Bertz CT molecular complexity index is 410. The first-order valence-corrected chi connectivity index (χ1v) is 5.57. The number of methoxy groups -OCH3 is 1. The summed E-state index contributed by atoms with van der Waals surface area (Å²) in [7, 11) is 1.54. The standard InChI is InChI=1S/C13H16N2O2/c1-17-12-8-4-3-7-11(12)13(16)15-10-6-2-5-9-14/h3-4,7-8H,2,5-6,10H2,1H3,(H,15,16). The highest BCUT2D eigenvalue weighted by Crippen LogP contribution is 2.16. The van der Waals surface area contributed by atoms with Gasteiger partial charge in [-0.05, 0) is 25.0 Å². The van der Waals surface area contributed by atoms with Crippen LogP contribution < -0.4 is 10.1 Å². The zero-order chi connectivity index (χ0) is 12.5. The maximum Gasteiger partial charge on any atom is 0.255 e. The van der Waals surface area contributed by atoms with Gasteiger partial charge in [0.25, 0.3) is 5.91 Å². The molecule has 17 heavy (non-hydrogen) atoms. The van der Waals surface area contributed by atoms with Gasteiger partial charge in [0, 0.05) is 13.0 Å². The monoisotopic (exact) mass is 232 g/mol. The van der Waals surface area contributed by atoms with E-state index in [-0.39, 0.29) is 5.91 Å². The van der Waals surface area contributed by atoms with Crippen molar-refractivity contribution in [2.45, 2.75) is 19.3 Å². The molecule has 0 unspecified atom stereocenters. The van der Waals surface area contributed by atoms with Gasteiger partial charge in [-0.25, -0.2) is 0 Å². The third-order valence-corrected chi connectivity index (χ3v) is 2.35. The van der Waals surface area contributed by atoms with Gasteiger partial charge in [-0.1, -0.05) is 12.1 Å². The number of nitrogens with zero attached hydrogens (tertiary/aromatic N) is 1.